The summed E-state index contributed by atoms with van der Waals surface area (Å²) in [5.74, 6) is 1.30. The summed E-state index contributed by atoms with van der Waals surface area (Å²) >= 11 is 0. The number of nitrogens with zero attached hydrogens (tertiary/aromatic N) is 2. The number of para-hydroxylation sites is 2. The number of aliphatic hydroxyl groups is 1. The zero-order chi connectivity index (χ0) is 21.1. The van der Waals surface area contributed by atoms with Gasteiger partial charge in [-0.25, -0.2) is 4.98 Å². The molecule has 154 valence electrons. The van der Waals surface area contributed by atoms with Gasteiger partial charge in [0.25, 0.3) is 0 Å². The van der Waals surface area contributed by atoms with Gasteiger partial charge in [-0.1, -0.05) is 42.5 Å². The molecule has 6 heteroatoms. The molecule has 2 atom stereocenters. The maximum absolute atomic E-state index is 11.5. The van der Waals surface area contributed by atoms with Crippen molar-refractivity contribution in [3.05, 3.63) is 72.6 Å². The lowest BCUT2D eigenvalue weighted by Crippen LogP contribution is -2.29. The van der Waals surface area contributed by atoms with Crippen LogP contribution in [0, 0.1) is 0 Å². The zero-order valence-corrected chi connectivity index (χ0v) is 17.1. The minimum Gasteiger partial charge on any atom is -0.491 e. The van der Waals surface area contributed by atoms with E-state index < -0.39 is 6.10 Å². The first-order valence-corrected chi connectivity index (χ1v) is 10.0. The van der Waals surface area contributed by atoms with Gasteiger partial charge in [0, 0.05) is 6.92 Å². The first-order chi connectivity index (χ1) is 14.5. The molecule has 1 aromatic heterocycles. The summed E-state index contributed by atoms with van der Waals surface area (Å²) in [6.45, 7) is 3.83. The van der Waals surface area contributed by atoms with E-state index >= 15 is 0 Å². The zero-order valence-electron chi connectivity index (χ0n) is 17.1. The number of aliphatic hydroxyl groups excluding tert-OH is 1. The van der Waals surface area contributed by atoms with E-state index in [1.165, 1.54) is 6.92 Å². The van der Waals surface area contributed by atoms with Crippen molar-refractivity contribution in [1.82, 2.24) is 14.9 Å². The van der Waals surface area contributed by atoms with Crippen LogP contribution < -0.4 is 10.1 Å². The Labute approximate surface area is 175 Å². The molecule has 1 amide bonds. The van der Waals surface area contributed by atoms with Crippen LogP contribution in [-0.2, 0) is 11.3 Å². The number of imidazole rings is 1. The Morgan fingerprint density at radius 3 is 2.63 bits per heavy atom. The summed E-state index contributed by atoms with van der Waals surface area (Å²) in [5.41, 5.74) is 1.74. The van der Waals surface area contributed by atoms with Crippen LogP contribution in [0.3, 0.4) is 0 Å². The van der Waals surface area contributed by atoms with Gasteiger partial charge < -0.3 is 19.7 Å². The molecule has 30 heavy (non-hydrogen) atoms. The second kappa shape index (κ2) is 8.55. The SMILES string of the molecule is CC(=O)NC(C)c1nc2ccccc2n1CC(O)COc1ccc2ccccc2c1. The highest BCUT2D eigenvalue weighted by Crippen LogP contribution is 2.23. The summed E-state index contributed by atoms with van der Waals surface area (Å²) in [7, 11) is 0. The number of amides is 1. The van der Waals surface area contributed by atoms with Gasteiger partial charge in [0.15, 0.2) is 0 Å². The van der Waals surface area contributed by atoms with Gasteiger partial charge in [-0.2, -0.15) is 0 Å². The van der Waals surface area contributed by atoms with Crippen LogP contribution >= 0.6 is 0 Å². The lowest BCUT2D eigenvalue weighted by atomic mass is 10.1. The average Bonchev–Trinajstić information content (AvgIpc) is 3.10. The number of nitrogens with one attached hydrogen (secondary N) is 1. The van der Waals surface area contributed by atoms with E-state index in [4.69, 9.17) is 4.74 Å². The largest absolute Gasteiger partial charge is 0.491 e. The van der Waals surface area contributed by atoms with Crippen LogP contribution in [0.4, 0.5) is 0 Å². The third-order valence-corrected chi connectivity index (χ3v) is 5.05. The molecule has 2 unspecified atom stereocenters. The second-order valence-electron chi connectivity index (χ2n) is 7.47. The van der Waals surface area contributed by atoms with Gasteiger partial charge in [-0.15, -0.1) is 0 Å². The average molecular weight is 403 g/mol. The third kappa shape index (κ3) is 4.28. The van der Waals surface area contributed by atoms with Crippen LogP contribution in [0.5, 0.6) is 5.75 Å². The molecule has 0 radical (unpaired) electrons. The normalized spacial score (nSPS) is 13.3. The number of fused-ring (bicyclic) bond motifs is 2. The number of aromatic nitrogens is 2. The molecule has 2 N–H and O–H groups in total. The molecular formula is C24H25N3O3. The molecule has 0 saturated heterocycles. The van der Waals surface area contributed by atoms with Crippen LogP contribution in [-0.4, -0.2) is 33.3 Å². The highest BCUT2D eigenvalue weighted by atomic mass is 16.5. The molecule has 0 fully saturated rings. The van der Waals surface area contributed by atoms with Crippen LogP contribution in [0.25, 0.3) is 21.8 Å². The Kier molecular flexibility index (Phi) is 5.68. The van der Waals surface area contributed by atoms with E-state index in [1.54, 1.807) is 0 Å². The van der Waals surface area contributed by atoms with E-state index in [0.717, 1.165) is 27.6 Å². The molecule has 0 bridgehead atoms. The molecule has 0 aliphatic heterocycles. The van der Waals surface area contributed by atoms with Gasteiger partial charge in [0.05, 0.1) is 23.6 Å². The van der Waals surface area contributed by atoms with E-state index in [2.05, 4.69) is 16.4 Å². The molecule has 3 aromatic carbocycles. The number of hydrogen-bond donors (Lipinski definition) is 2. The van der Waals surface area contributed by atoms with Crippen molar-refractivity contribution in [2.24, 2.45) is 0 Å². The fourth-order valence-corrected chi connectivity index (χ4v) is 3.70. The fourth-order valence-electron chi connectivity index (χ4n) is 3.70. The molecule has 4 aromatic rings. The Bertz CT molecular complexity index is 1180. The predicted octanol–water partition coefficient (Wildman–Crippen LogP) is 3.83. The van der Waals surface area contributed by atoms with E-state index in [-0.39, 0.29) is 18.6 Å². The topological polar surface area (TPSA) is 76.4 Å². The van der Waals surface area contributed by atoms with Crippen molar-refractivity contribution >= 4 is 27.7 Å². The fraction of sp³-hybridized carbons (Fsp3) is 0.250. The molecule has 0 spiro atoms. The number of carbonyl (C=O) groups excluding carboxylic acids is 1. The number of carbonyl (C=O) groups is 1. The predicted molar refractivity (Wildman–Crippen MR) is 117 cm³/mol. The monoisotopic (exact) mass is 403 g/mol. The molecular weight excluding hydrogens is 378 g/mol. The van der Waals surface area contributed by atoms with Crippen molar-refractivity contribution in [2.75, 3.05) is 6.61 Å². The highest BCUT2D eigenvalue weighted by Gasteiger charge is 2.19. The van der Waals surface area contributed by atoms with Crippen LogP contribution in [0.15, 0.2) is 66.7 Å². The van der Waals surface area contributed by atoms with Gasteiger partial charge in [-0.05, 0) is 42.0 Å². The Morgan fingerprint density at radius 1 is 1.10 bits per heavy atom. The number of hydrogen-bond acceptors (Lipinski definition) is 4. The first-order valence-electron chi connectivity index (χ1n) is 10.0. The van der Waals surface area contributed by atoms with Crippen molar-refractivity contribution in [2.45, 2.75) is 32.5 Å². The molecule has 0 saturated carbocycles. The van der Waals surface area contributed by atoms with E-state index in [0.29, 0.717) is 12.4 Å². The Hall–Kier alpha value is -3.38. The van der Waals surface area contributed by atoms with Gasteiger partial charge in [0.1, 0.15) is 24.3 Å². The Morgan fingerprint density at radius 2 is 1.83 bits per heavy atom. The smallest absolute Gasteiger partial charge is 0.217 e. The molecule has 1 heterocycles. The summed E-state index contributed by atoms with van der Waals surface area (Å²) in [4.78, 5) is 16.2. The van der Waals surface area contributed by atoms with Gasteiger partial charge >= 0.3 is 0 Å². The second-order valence-corrected chi connectivity index (χ2v) is 7.47. The van der Waals surface area contributed by atoms with E-state index in [1.807, 2.05) is 72.2 Å². The number of rotatable bonds is 7. The number of benzene rings is 3. The minimum absolute atomic E-state index is 0.124. The molecule has 0 aliphatic rings. The van der Waals surface area contributed by atoms with Crippen LogP contribution in [0.2, 0.25) is 0 Å². The third-order valence-electron chi connectivity index (χ3n) is 5.05. The van der Waals surface area contributed by atoms with Crippen molar-refractivity contribution in [3.8, 4) is 5.75 Å². The summed E-state index contributed by atoms with van der Waals surface area (Å²) in [5, 5.41) is 15.8. The highest BCUT2D eigenvalue weighted by molar-refractivity contribution is 5.83. The van der Waals surface area contributed by atoms with Crippen molar-refractivity contribution in [3.63, 3.8) is 0 Å². The Balaban J connectivity index is 1.51. The van der Waals surface area contributed by atoms with Crippen molar-refractivity contribution < 1.29 is 14.6 Å². The van der Waals surface area contributed by atoms with E-state index in [9.17, 15) is 9.90 Å². The van der Waals surface area contributed by atoms with Gasteiger partial charge in [-0.3, -0.25) is 4.79 Å². The number of ether oxygens (including phenoxy) is 1. The summed E-state index contributed by atoms with van der Waals surface area (Å²) in [6, 6.07) is 21.4. The quantitative estimate of drug-likeness (QED) is 0.492. The van der Waals surface area contributed by atoms with Crippen LogP contribution in [0.1, 0.15) is 25.7 Å². The summed E-state index contributed by atoms with van der Waals surface area (Å²) in [6.07, 6.45) is -0.739. The maximum atomic E-state index is 11.5. The van der Waals surface area contributed by atoms with Crippen molar-refractivity contribution in [1.29, 1.82) is 0 Å². The first kappa shape index (κ1) is 19.9. The summed E-state index contributed by atoms with van der Waals surface area (Å²) < 4.78 is 7.80. The minimum atomic E-state index is -0.739. The lowest BCUT2D eigenvalue weighted by molar-refractivity contribution is -0.119. The molecule has 6 nitrogen and oxygen atoms in total. The molecule has 4 rings (SSSR count). The van der Waals surface area contributed by atoms with Gasteiger partial charge in [0.2, 0.25) is 5.91 Å². The molecule has 0 aliphatic carbocycles. The lowest BCUT2D eigenvalue weighted by Gasteiger charge is -2.19. The maximum Gasteiger partial charge on any atom is 0.217 e. The standard InChI is InChI=1S/C24H25N3O3/c1-16(25-17(2)28)24-26-22-9-5-6-10-23(22)27(24)14-20(29)15-30-21-12-11-18-7-3-4-8-19(18)13-21/h3-13,16,20,29H,14-15H2,1-2H3,(H,25,28).